The van der Waals surface area contributed by atoms with E-state index >= 15 is 0 Å². The molecule has 0 aliphatic rings. The van der Waals surface area contributed by atoms with Crippen LogP contribution in [0, 0.1) is 17.7 Å². The van der Waals surface area contributed by atoms with E-state index in [2.05, 4.69) is 11.8 Å². The fraction of sp³-hybridized carbons (Fsp3) is 0.273. The van der Waals surface area contributed by atoms with Crippen LogP contribution in [0.5, 0.6) is 0 Å². The third-order valence-corrected chi connectivity index (χ3v) is 2.13. The van der Waals surface area contributed by atoms with Crippen LogP contribution >= 0.6 is 11.6 Å². The number of hydrogen-bond donors (Lipinski definition) is 1. The Labute approximate surface area is 87.5 Å². The molecule has 0 aliphatic carbocycles. The number of benzene rings is 1. The van der Waals surface area contributed by atoms with E-state index < -0.39 is 11.9 Å². The number of aliphatic hydroxyl groups excluding tert-OH is 1. The summed E-state index contributed by atoms with van der Waals surface area (Å²) < 4.78 is 13.2. The summed E-state index contributed by atoms with van der Waals surface area (Å²) in [7, 11) is 0. The van der Waals surface area contributed by atoms with E-state index in [9.17, 15) is 9.50 Å². The van der Waals surface area contributed by atoms with Gasteiger partial charge in [0.25, 0.3) is 0 Å². The highest BCUT2D eigenvalue weighted by Gasteiger charge is 2.14. The van der Waals surface area contributed by atoms with Crippen molar-refractivity contribution in [1.82, 2.24) is 0 Å². The molecule has 1 aromatic rings. The second kappa shape index (κ2) is 4.99. The van der Waals surface area contributed by atoms with Gasteiger partial charge in [-0.1, -0.05) is 17.7 Å². The van der Waals surface area contributed by atoms with Crippen LogP contribution < -0.4 is 0 Å². The minimum atomic E-state index is -0.962. The van der Waals surface area contributed by atoms with Crippen molar-refractivity contribution >= 4 is 11.6 Å². The molecule has 1 aromatic carbocycles. The zero-order chi connectivity index (χ0) is 10.6. The lowest BCUT2D eigenvalue weighted by Gasteiger charge is -2.10. The van der Waals surface area contributed by atoms with Gasteiger partial charge in [0, 0.05) is 17.0 Å². The lowest BCUT2D eigenvalue weighted by molar-refractivity contribution is 0.179. The molecule has 0 aliphatic heterocycles. The number of rotatable bonds is 2. The van der Waals surface area contributed by atoms with E-state index in [-0.39, 0.29) is 17.0 Å². The Morgan fingerprint density at radius 1 is 1.57 bits per heavy atom. The van der Waals surface area contributed by atoms with E-state index in [1.807, 2.05) is 0 Å². The highest BCUT2D eigenvalue weighted by Crippen LogP contribution is 2.27. The smallest absolute Gasteiger partial charge is 0.130 e. The van der Waals surface area contributed by atoms with Gasteiger partial charge in [-0.2, -0.15) is 0 Å². The Morgan fingerprint density at radius 2 is 2.29 bits per heavy atom. The summed E-state index contributed by atoms with van der Waals surface area (Å²) in [5, 5.41) is 9.82. The maximum Gasteiger partial charge on any atom is 0.130 e. The predicted molar refractivity (Wildman–Crippen MR) is 54.4 cm³/mol. The highest BCUT2D eigenvalue weighted by molar-refractivity contribution is 6.31. The first kappa shape index (κ1) is 11.0. The summed E-state index contributed by atoms with van der Waals surface area (Å²) in [5.74, 6) is 4.81. The highest BCUT2D eigenvalue weighted by atomic mass is 35.5. The molecule has 0 radical (unpaired) electrons. The van der Waals surface area contributed by atoms with Crippen LogP contribution in [0.3, 0.4) is 0 Å². The van der Waals surface area contributed by atoms with Crippen molar-refractivity contribution < 1.29 is 9.50 Å². The average Bonchev–Trinajstić information content (AvgIpc) is 2.14. The van der Waals surface area contributed by atoms with Gasteiger partial charge >= 0.3 is 0 Å². The molecule has 1 nitrogen and oxygen atoms in total. The summed E-state index contributed by atoms with van der Waals surface area (Å²) in [6.07, 6.45) is -0.770. The minimum Gasteiger partial charge on any atom is -0.387 e. The molecule has 3 heteroatoms. The lowest BCUT2D eigenvalue weighted by atomic mass is 10.1. The largest absolute Gasteiger partial charge is 0.387 e. The van der Waals surface area contributed by atoms with Gasteiger partial charge in [0.15, 0.2) is 0 Å². The maximum atomic E-state index is 13.2. The predicted octanol–water partition coefficient (Wildman–Crippen LogP) is 2.93. The van der Waals surface area contributed by atoms with Crippen LogP contribution in [0.1, 0.15) is 25.0 Å². The van der Waals surface area contributed by atoms with Crippen molar-refractivity contribution in [3.05, 3.63) is 34.6 Å². The van der Waals surface area contributed by atoms with Gasteiger partial charge < -0.3 is 5.11 Å². The molecule has 0 saturated heterocycles. The Kier molecular flexibility index (Phi) is 3.94. The van der Waals surface area contributed by atoms with Crippen LogP contribution in [0.2, 0.25) is 5.02 Å². The minimum absolute atomic E-state index is 0.122. The zero-order valence-electron chi connectivity index (χ0n) is 7.72. The molecule has 0 saturated carbocycles. The molecule has 1 unspecified atom stereocenters. The molecule has 0 fully saturated rings. The Bertz CT molecular complexity index is 358. The third kappa shape index (κ3) is 2.47. The van der Waals surface area contributed by atoms with E-state index in [1.165, 1.54) is 12.1 Å². The van der Waals surface area contributed by atoms with Gasteiger partial charge in [-0.25, -0.2) is 4.39 Å². The van der Waals surface area contributed by atoms with E-state index in [1.54, 1.807) is 13.0 Å². The average molecular weight is 213 g/mol. The van der Waals surface area contributed by atoms with Crippen molar-refractivity contribution in [3.63, 3.8) is 0 Å². The van der Waals surface area contributed by atoms with Crippen molar-refractivity contribution in [2.45, 2.75) is 19.4 Å². The van der Waals surface area contributed by atoms with Gasteiger partial charge in [0.05, 0.1) is 6.10 Å². The normalized spacial score (nSPS) is 11.7. The summed E-state index contributed by atoms with van der Waals surface area (Å²) >= 11 is 5.76. The third-order valence-electron chi connectivity index (χ3n) is 1.81. The SMILES string of the molecule is CC#CCC(O)c1c(F)cccc1Cl. The van der Waals surface area contributed by atoms with Crippen molar-refractivity contribution in [2.24, 2.45) is 0 Å². The lowest BCUT2D eigenvalue weighted by Crippen LogP contribution is -2.00. The van der Waals surface area contributed by atoms with E-state index in [4.69, 9.17) is 11.6 Å². The van der Waals surface area contributed by atoms with Gasteiger partial charge in [0.2, 0.25) is 0 Å². The van der Waals surface area contributed by atoms with Crippen molar-refractivity contribution in [1.29, 1.82) is 0 Å². The Hall–Kier alpha value is -1.04. The monoisotopic (exact) mass is 212 g/mol. The van der Waals surface area contributed by atoms with E-state index in [0.29, 0.717) is 0 Å². The van der Waals surface area contributed by atoms with Crippen LogP contribution in [-0.2, 0) is 0 Å². The summed E-state index contributed by atoms with van der Waals surface area (Å²) in [6, 6.07) is 4.31. The second-order valence-electron chi connectivity index (χ2n) is 2.78. The Balaban J connectivity index is 2.97. The molecule has 0 heterocycles. The van der Waals surface area contributed by atoms with Crippen molar-refractivity contribution in [2.75, 3.05) is 0 Å². The number of hydrogen-bond acceptors (Lipinski definition) is 1. The number of aliphatic hydroxyl groups is 1. The topological polar surface area (TPSA) is 20.2 Å². The van der Waals surface area contributed by atoms with Crippen LogP contribution in [0.15, 0.2) is 18.2 Å². The fourth-order valence-corrected chi connectivity index (χ4v) is 1.42. The standard InChI is InChI=1S/C11H10ClFO/c1-2-3-7-10(14)11-8(12)5-4-6-9(11)13/h4-6,10,14H,7H2,1H3. The quantitative estimate of drug-likeness (QED) is 0.748. The van der Waals surface area contributed by atoms with Gasteiger partial charge in [-0.3, -0.25) is 0 Å². The Morgan fingerprint density at radius 3 is 2.86 bits per heavy atom. The maximum absolute atomic E-state index is 13.2. The fourth-order valence-electron chi connectivity index (χ4n) is 1.13. The first-order chi connectivity index (χ1) is 6.66. The molecule has 0 bridgehead atoms. The molecule has 1 rings (SSSR count). The van der Waals surface area contributed by atoms with Gasteiger partial charge in [-0.15, -0.1) is 11.8 Å². The molecule has 0 spiro atoms. The molecule has 1 atom stereocenters. The first-order valence-electron chi connectivity index (χ1n) is 4.18. The summed E-state index contributed by atoms with van der Waals surface area (Å²) in [4.78, 5) is 0. The number of halogens is 2. The molecule has 74 valence electrons. The first-order valence-corrected chi connectivity index (χ1v) is 4.56. The molecular weight excluding hydrogens is 203 g/mol. The molecule has 1 N–H and O–H groups in total. The second-order valence-corrected chi connectivity index (χ2v) is 3.19. The summed E-state index contributed by atoms with van der Waals surface area (Å²) in [5.41, 5.74) is 0.122. The zero-order valence-corrected chi connectivity index (χ0v) is 8.48. The molecule has 0 aromatic heterocycles. The molecule has 0 amide bonds. The van der Waals surface area contributed by atoms with E-state index in [0.717, 1.165) is 0 Å². The van der Waals surface area contributed by atoms with Gasteiger partial charge in [0.1, 0.15) is 5.82 Å². The summed E-state index contributed by atoms with van der Waals surface area (Å²) in [6.45, 7) is 1.66. The van der Waals surface area contributed by atoms with Gasteiger partial charge in [-0.05, 0) is 19.1 Å². The molecule has 14 heavy (non-hydrogen) atoms. The van der Waals surface area contributed by atoms with Crippen LogP contribution in [0.4, 0.5) is 4.39 Å². The van der Waals surface area contributed by atoms with Crippen LogP contribution in [-0.4, -0.2) is 5.11 Å². The van der Waals surface area contributed by atoms with Crippen LogP contribution in [0.25, 0.3) is 0 Å². The molecular formula is C11H10ClFO. The van der Waals surface area contributed by atoms with Crippen molar-refractivity contribution in [3.8, 4) is 11.8 Å².